The van der Waals surface area contributed by atoms with Crippen molar-refractivity contribution in [3.8, 4) is 0 Å². The highest BCUT2D eigenvalue weighted by Gasteiger charge is 2.29. The van der Waals surface area contributed by atoms with E-state index in [0.717, 1.165) is 16.2 Å². The van der Waals surface area contributed by atoms with E-state index in [1.54, 1.807) is 34.9 Å². The van der Waals surface area contributed by atoms with E-state index in [1.807, 2.05) is 12.1 Å². The molecule has 0 spiro atoms. The summed E-state index contributed by atoms with van der Waals surface area (Å²) in [4.78, 5) is 27.8. The summed E-state index contributed by atoms with van der Waals surface area (Å²) in [5, 5.41) is 6.15. The maximum Gasteiger partial charge on any atom is 0.254 e. The molecule has 2 heterocycles. The average Bonchev–Trinajstić information content (AvgIpc) is 2.87. The molecule has 0 radical (unpaired) electrons. The Morgan fingerprint density at radius 2 is 2.11 bits per heavy atom. The predicted molar refractivity (Wildman–Crippen MR) is 103 cm³/mol. The molecule has 0 bridgehead atoms. The maximum atomic E-state index is 13.7. The van der Waals surface area contributed by atoms with Crippen LogP contribution in [0.3, 0.4) is 0 Å². The van der Waals surface area contributed by atoms with Crippen LogP contribution >= 0.6 is 11.8 Å². The van der Waals surface area contributed by atoms with Crippen molar-refractivity contribution in [2.75, 3.05) is 30.7 Å². The molecule has 2 aliphatic rings. The number of hydrogen-bond acceptors (Lipinski definition) is 4. The molecule has 1 saturated heterocycles. The predicted octanol–water partition coefficient (Wildman–Crippen LogP) is 3.05. The van der Waals surface area contributed by atoms with Gasteiger partial charge >= 0.3 is 0 Å². The monoisotopic (exact) mass is 385 g/mol. The van der Waals surface area contributed by atoms with E-state index in [4.69, 9.17) is 0 Å². The summed E-state index contributed by atoms with van der Waals surface area (Å²) in [5.74, 6) is 0.268. The molecule has 1 atom stereocenters. The molecule has 2 amide bonds. The fourth-order valence-corrected chi connectivity index (χ4v) is 4.41. The van der Waals surface area contributed by atoms with Gasteiger partial charge in [0.1, 0.15) is 5.82 Å². The molecule has 27 heavy (non-hydrogen) atoms. The molecule has 4 rings (SSSR count). The number of piperazine rings is 1. The Morgan fingerprint density at radius 1 is 1.22 bits per heavy atom. The normalized spacial score (nSPS) is 19.8. The average molecular weight is 385 g/mol. The first-order chi connectivity index (χ1) is 13.1. The summed E-state index contributed by atoms with van der Waals surface area (Å²) < 4.78 is 13.7. The molecule has 2 aromatic carbocycles. The molecule has 2 aliphatic heterocycles. The van der Waals surface area contributed by atoms with Crippen LogP contribution in [0.5, 0.6) is 0 Å². The molecular formula is C20H20FN3O2S. The van der Waals surface area contributed by atoms with E-state index < -0.39 is 0 Å². The van der Waals surface area contributed by atoms with E-state index in [-0.39, 0.29) is 23.7 Å². The molecule has 140 valence electrons. The molecule has 1 fully saturated rings. The first-order valence-corrected chi connectivity index (χ1v) is 9.94. The molecule has 2 N–H and O–H groups in total. The summed E-state index contributed by atoms with van der Waals surface area (Å²) in [6.45, 7) is 1.81. The van der Waals surface area contributed by atoms with Crippen molar-refractivity contribution in [2.24, 2.45) is 0 Å². The molecule has 1 unspecified atom stereocenters. The lowest BCUT2D eigenvalue weighted by Crippen LogP contribution is -2.48. The first-order valence-electron chi connectivity index (χ1n) is 8.96. The summed E-state index contributed by atoms with van der Waals surface area (Å²) in [5.41, 5.74) is 1.99. The van der Waals surface area contributed by atoms with Gasteiger partial charge in [0.15, 0.2) is 0 Å². The quantitative estimate of drug-likeness (QED) is 0.834. The Kier molecular flexibility index (Phi) is 5.13. The lowest BCUT2D eigenvalue weighted by molar-refractivity contribution is -0.115. The molecule has 0 aromatic heterocycles. The number of halogens is 1. The zero-order valence-corrected chi connectivity index (χ0v) is 15.5. The van der Waals surface area contributed by atoms with Gasteiger partial charge in [-0.3, -0.25) is 9.59 Å². The smallest absolute Gasteiger partial charge is 0.254 e. The van der Waals surface area contributed by atoms with Crippen molar-refractivity contribution in [1.82, 2.24) is 10.2 Å². The fourth-order valence-electron chi connectivity index (χ4n) is 3.48. The van der Waals surface area contributed by atoms with Crippen LogP contribution in [0.4, 0.5) is 10.1 Å². The number of rotatable bonds is 2. The molecular weight excluding hydrogens is 365 g/mol. The highest BCUT2D eigenvalue weighted by Crippen LogP contribution is 2.33. The van der Waals surface area contributed by atoms with Crippen molar-refractivity contribution in [2.45, 2.75) is 17.4 Å². The second-order valence-corrected chi connectivity index (χ2v) is 7.77. The van der Waals surface area contributed by atoms with E-state index in [0.29, 0.717) is 37.3 Å². The van der Waals surface area contributed by atoms with Crippen LogP contribution in [0.15, 0.2) is 47.4 Å². The Labute approximate surface area is 161 Å². The van der Waals surface area contributed by atoms with Gasteiger partial charge < -0.3 is 15.5 Å². The molecule has 2 aromatic rings. The van der Waals surface area contributed by atoms with Gasteiger partial charge in [-0.2, -0.15) is 0 Å². The van der Waals surface area contributed by atoms with Gasteiger partial charge in [0, 0.05) is 42.3 Å². The SMILES string of the molecule is O=C1CCSc2ccc(C(=O)N3CCNCC3c3cccc(F)c3)cc2N1. The topological polar surface area (TPSA) is 61.4 Å². The van der Waals surface area contributed by atoms with Gasteiger partial charge in [0.05, 0.1) is 11.7 Å². The lowest BCUT2D eigenvalue weighted by atomic mass is 10.0. The minimum Gasteiger partial charge on any atom is -0.329 e. The Balaban J connectivity index is 1.63. The minimum atomic E-state index is -0.310. The Bertz CT molecular complexity index is 889. The van der Waals surface area contributed by atoms with Crippen LogP contribution in [0.2, 0.25) is 0 Å². The fraction of sp³-hybridized carbons (Fsp3) is 0.300. The number of anilines is 1. The minimum absolute atomic E-state index is 0.0364. The van der Waals surface area contributed by atoms with Crippen LogP contribution in [0.1, 0.15) is 28.4 Å². The van der Waals surface area contributed by atoms with Crippen molar-refractivity contribution < 1.29 is 14.0 Å². The number of amides is 2. The molecule has 7 heteroatoms. The van der Waals surface area contributed by atoms with Crippen LogP contribution in [0, 0.1) is 5.82 Å². The number of nitrogens with one attached hydrogen (secondary N) is 2. The van der Waals surface area contributed by atoms with Gasteiger partial charge in [-0.25, -0.2) is 4.39 Å². The van der Waals surface area contributed by atoms with E-state index >= 15 is 0 Å². The number of carbonyl (C=O) groups is 2. The van der Waals surface area contributed by atoms with E-state index in [1.165, 1.54) is 12.1 Å². The van der Waals surface area contributed by atoms with Crippen molar-refractivity contribution in [3.63, 3.8) is 0 Å². The van der Waals surface area contributed by atoms with Crippen LogP contribution in [0.25, 0.3) is 0 Å². The third-order valence-electron chi connectivity index (χ3n) is 4.82. The second-order valence-electron chi connectivity index (χ2n) is 6.63. The van der Waals surface area contributed by atoms with Gasteiger partial charge in [0.2, 0.25) is 5.91 Å². The Morgan fingerprint density at radius 3 is 2.96 bits per heavy atom. The molecule has 0 aliphatic carbocycles. The van der Waals surface area contributed by atoms with Crippen molar-refractivity contribution >= 4 is 29.3 Å². The van der Waals surface area contributed by atoms with Gasteiger partial charge in [-0.1, -0.05) is 12.1 Å². The van der Waals surface area contributed by atoms with E-state index in [9.17, 15) is 14.0 Å². The summed E-state index contributed by atoms with van der Waals surface area (Å²) >= 11 is 1.61. The van der Waals surface area contributed by atoms with Crippen molar-refractivity contribution in [3.05, 3.63) is 59.4 Å². The maximum absolute atomic E-state index is 13.7. The number of benzene rings is 2. The highest BCUT2D eigenvalue weighted by atomic mass is 32.2. The number of thioether (sulfide) groups is 1. The largest absolute Gasteiger partial charge is 0.329 e. The molecule has 5 nitrogen and oxygen atoms in total. The number of carbonyl (C=O) groups excluding carboxylic acids is 2. The number of hydrogen-bond donors (Lipinski definition) is 2. The molecule has 0 saturated carbocycles. The summed E-state index contributed by atoms with van der Waals surface area (Å²) in [7, 11) is 0. The van der Waals surface area contributed by atoms with Gasteiger partial charge in [-0.15, -0.1) is 11.8 Å². The zero-order valence-electron chi connectivity index (χ0n) is 14.7. The third kappa shape index (κ3) is 3.84. The third-order valence-corrected chi connectivity index (χ3v) is 5.90. The summed E-state index contributed by atoms with van der Waals surface area (Å²) in [6, 6.07) is 11.6. The lowest BCUT2D eigenvalue weighted by Gasteiger charge is -2.36. The second kappa shape index (κ2) is 7.70. The Hall–Kier alpha value is -2.38. The number of fused-ring (bicyclic) bond motifs is 1. The zero-order chi connectivity index (χ0) is 18.8. The van der Waals surface area contributed by atoms with Crippen molar-refractivity contribution in [1.29, 1.82) is 0 Å². The standard InChI is InChI=1S/C20H20FN3O2S/c21-15-3-1-2-13(10-15)17-12-22-7-8-24(17)20(26)14-4-5-18-16(11-14)23-19(25)6-9-27-18/h1-5,10-11,17,22H,6-9,12H2,(H,23,25). The van der Waals surface area contributed by atoms with Crippen LogP contribution in [-0.4, -0.2) is 42.1 Å². The van der Waals surface area contributed by atoms with Crippen LogP contribution in [-0.2, 0) is 4.79 Å². The first kappa shape index (κ1) is 18.0. The number of nitrogens with zero attached hydrogens (tertiary/aromatic N) is 1. The highest BCUT2D eigenvalue weighted by molar-refractivity contribution is 7.99. The van der Waals surface area contributed by atoms with E-state index in [2.05, 4.69) is 10.6 Å². The van der Waals surface area contributed by atoms with Gasteiger partial charge in [0.25, 0.3) is 5.91 Å². The van der Waals surface area contributed by atoms with Gasteiger partial charge in [-0.05, 0) is 35.9 Å². The summed E-state index contributed by atoms with van der Waals surface area (Å²) in [6.07, 6.45) is 0.460. The van der Waals surface area contributed by atoms with Crippen LogP contribution < -0.4 is 10.6 Å².